The van der Waals surface area contributed by atoms with Crippen LogP contribution in [0.3, 0.4) is 0 Å². The Balaban J connectivity index is 2.15. The number of hydrogen-bond acceptors (Lipinski definition) is 3. The van der Waals surface area contributed by atoms with Gasteiger partial charge in [-0.3, -0.25) is 9.59 Å². The molecule has 2 rings (SSSR count). The summed E-state index contributed by atoms with van der Waals surface area (Å²) in [7, 11) is 0. The number of pyridine rings is 1. The molecule has 114 valence electrons. The van der Waals surface area contributed by atoms with E-state index in [1.807, 2.05) is 13.0 Å². The Bertz CT molecular complexity index is 798. The van der Waals surface area contributed by atoms with Gasteiger partial charge in [-0.05, 0) is 36.8 Å². The molecule has 2 aromatic rings. The van der Waals surface area contributed by atoms with E-state index in [4.69, 9.17) is 5.11 Å². The first kappa shape index (κ1) is 16.0. The number of rotatable bonds is 4. The van der Waals surface area contributed by atoms with Crippen molar-refractivity contribution in [3.63, 3.8) is 0 Å². The highest BCUT2D eigenvalue weighted by Gasteiger charge is 2.09. The van der Waals surface area contributed by atoms with Gasteiger partial charge in [0.15, 0.2) is 0 Å². The lowest BCUT2D eigenvalue weighted by Gasteiger charge is -2.09. The van der Waals surface area contributed by atoms with Crippen molar-refractivity contribution in [2.45, 2.75) is 13.5 Å². The van der Waals surface area contributed by atoms with Crippen LogP contribution < -0.4 is 10.9 Å². The molecular formula is C15H13BrN2O4. The van der Waals surface area contributed by atoms with Gasteiger partial charge in [0.1, 0.15) is 6.54 Å². The van der Waals surface area contributed by atoms with Crippen molar-refractivity contribution < 1.29 is 14.7 Å². The van der Waals surface area contributed by atoms with Gasteiger partial charge in [0.2, 0.25) is 5.91 Å². The average molecular weight is 365 g/mol. The fourth-order valence-electron chi connectivity index (χ4n) is 1.86. The molecule has 0 saturated carbocycles. The number of aromatic nitrogens is 1. The van der Waals surface area contributed by atoms with E-state index in [-0.39, 0.29) is 12.1 Å². The third-order valence-electron chi connectivity index (χ3n) is 2.99. The second-order valence-corrected chi connectivity index (χ2v) is 5.56. The molecule has 0 radical (unpaired) electrons. The lowest BCUT2D eigenvalue weighted by Crippen LogP contribution is -2.27. The molecule has 0 aliphatic carbocycles. The first-order chi connectivity index (χ1) is 10.4. The van der Waals surface area contributed by atoms with Crippen LogP contribution in [0.25, 0.3) is 0 Å². The number of carbonyl (C=O) groups is 2. The average Bonchev–Trinajstić information content (AvgIpc) is 2.45. The lowest BCUT2D eigenvalue weighted by molar-refractivity contribution is -0.116. The van der Waals surface area contributed by atoms with Crippen molar-refractivity contribution in [1.29, 1.82) is 0 Å². The fourth-order valence-corrected chi connectivity index (χ4v) is 2.11. The smallest absolute Gasteiger partial charge is 0.337 e. The molecule has 0 spiro atoms. The number of carboxylic acid groups (broad SMARTS) is 1. The summed E-state index contributed by atoms with van der Waals surface area (Å²) in [5.41, 5.74) is 1.08. The predicted octanol–water partition coefficient (Wildman–Crippen LogP) is 2.26. The molecule has 0 bridgehead atoms. The molecule has 2 N–H and O–H groups in total. The maximum atomic E-state index is 12.0. The number of halogens is 1. The summed E-state index contributed by atoms with van der Waals surface area (Å²) in [4.78, 5) is 34.5. The molecule has 1 aromatic heterocycles. The topological polar surface area (TPSA) is 88.4 Å². The molecule has 0 fully saturated rings. The van der Waals surface area contributed by atoms with Crippen molar-refractivity contribution in [2.75, 3.05) is 5.32 Å². The number of nitrogens with zero attached hydrogens (tertiary/aromatic N) is 1. The van der Waals surface area contributed by atoms with Crippen LogP contribution in [0.2, 0.25) is 0 Å². The van der Waals surface area contributed by atoms with Crippen molar-refractivity contribution in [3.05, 3.63) is 62.5 Å². The molecule has 1 heterocycles. The molecule has 7 heteroatoms. The Labute approximate surface area is 134 Å². The lowest BCUT2D eigenvalue weighted by atomic mass is 10.2. The van der Waals surface area contributed by atoms with Crippen LogP contribution in [0.4, 0.5) is 5.69 Å². The SMILES string of the molecule is Cc1cc(NC(=O)Cn2cc(C(=O)O)ccc2=O)ccc1Br. The fraction of sp³-hybridized carbons (Fsp3) is 0.133. The quantitative estimate of drug-likeness (QED) is 0.870. The minimum Gasteiger partial charge on any atom is -0.478 e. The standard InChI is InChI=1S/C15H13BrN2O4/c1-9-6-11(3-4-12(9)16)17-13(19)8-18-7-10(15(21)22)2-5-14(18)20/h2-7H,8H2,1H3,(H,17,19)(H,21,22). The first-order valence-corrected chi connectivity index (χ1v) is 7.16. The highest BCUT2D eigenvalue weighted by atomic mass is 79.9. The Morgan fingerprint density at radius 2 is 2.00 bits per heavy atom. The summed E-state index contributed by atoms with van der Waals surface area (Å²) in [5.74, 6) is -1.57. The number of nitrogens with one attached hydrogen (secondary N) is 1. The van der Waals surface area contributed by atoms with Crippen LogP contribution in [-0.2, 0) is 11.3 Å². The van der Waals surface area contributed by atoms with Crippen molar-refractivity contribution in [2.24, 2.45) is 0 Å². The number of anilines is 1. The van der Waals surface area contributed by atoms with Crippen LogP contribution in [0, 0.1) is 6.92 Å². The second kappa shape index (κ2) is 6.57. The molecule has 22 heavy (non-hydrogen) atoms. The van der Waals surface area contributed by atoms with Crippen molar-refractivity contribution >= 4 is 33.5 Å². The molecule has 0 atom stereocenters. The third kappa shape index (κ3) is 3.82. The molecule has 0 unspecified atom stereocenters. The second-order valence-electron chi connectivity index (χ2n) is 4.70. The first-order valence-electron chi connectivity index (χ1n) is 6.36. The third-order valence-corrected chi connectivity index (χ3v) is 3.88. The van der Waals surface area contributed by atoms with Crippen LogP contribution in [0.5, 0.6) is 0 Å². The van der Waals surface area contributed by atoms with Crippen molar-refractivity contribution in [3.8, 4) is 0 Å². The Morgan fingerprint density at radius 1 is 1.27 bits per heavy atom. The summed E-state index contributed by atoms with van der Waals surface area (Å²) in [6.45, 7) is 1.63. The highest BCUT2D eigenvalue weighted by molar-refractivity contribution is 9.10. The number of amides is 1. The highest BCUT2D eigenvalue weighted by Crippen LogP contribution is 2.19. The maximum Gasteiger partial charge on any atom is 0.337 e. The molecule has 1 amide bonds. The zero-order valence-corrected chi connectivity index (χ0v) is 13.3. The van der Waals surface area contributed by atoms with E-state index in [1.165, 1.54) is 6.07 Å². The number of aryl methyl sites for hydroxylation is 1. The molecule has 6 nitrogen and oxygen atoms in total. The van der Waals surface area contributed by atoms with E-state index in [2.05, 4.69) is 21.2 Å². The largest absolute Gasteiger partial charge is 0.478 e. The van der Waals surface area contributed by atoms with E-state index < -0.39 is 17.4 Å². The van der Waals surface area contributed by atoms with Crippen LogP contribution in [0.15, 0.2) is 45.8 Å². The van der Waals surface area contributed by atoms with Gasteiger partial charge in [0.25, 0.3) is 5.56 Å². The van der Waals surface area contributed by atoms with E-state index >= 15 is 0 Å². The molecule has 1 aromatic carbocycles. The van der Waals surface area contributed by atoms with Gasteiger partial charge in [-0.15, -0.1) is 0 Å². The number of carboxylic acids is 1. The zero-order valence-electron chi connectivity index (χ0n) is 11.7. The van der Waals surface area contributed by atoms with Gasteiger partial charge in [0.05, 0.1) is 5.56 Å². The predicted molar refractivity (Wildman–Crippen MR) is 85.2 cm³/mol. The molecule has 0 saturated heterocycles. The number of hydrogen-bond donors (Lipinski definition) is 2. The van der Waals surface area contributed by atoms with Gasteiger partial charge in [0, 0.05) is 22.4 Å². The summed E-state index contributed by atoms with van der Waals surface area (Å²) in [5, 5.41) is 11.6. The van der Waals surface area contributed by atoms with E-state index in [0.717, 1.165) is 26.9 Å². The monoisotopic (exact) mass is 364 g/mol. The van der Waals surface area contributed by atoms with E-state index in [9.17, 15) is 14.4 Å². The Hall–Kier alpha value is -2.41. The van der Waals surface area contributed by atoms with Gasteiger partial charge < -0.3 is 15.0 Å². The minimum absolute atomic E-state index is 0.0492. The number of benzene rings is 1. The van der Waals surface area contributed by atoms with Crippen molar-refractivity contribution in [1.82, 2.24) is 4.57 Å². The summed E-state index contributed by atoms with van der Waals surface area (Å²) in [6, 6.07) is 7.66. The maximum absolute atomic E-state index is 12.0. The molecule has 0 aliphatic heterocycles. The minimum atomic E-state index is -1.15. The van der Waals surface area contributed by atoms with Gasteiger partial charge in [-0.25, -0.2) is 4.79 Å². The van der Waals surface area contributed by atoms with E-state index in [1.54, 1.807) is 12.1 Å². The van der Waals surface area contributed by atoms with Gasteiger partial charge in [-0.1, -0.05) is 15.9 Å². The summed E-state index contributed by atoms with van der Waals surface area (Å²) in [6.07, 6.45) is 1.15. The van der Waals surface area contributed by atoms with E-state index in [0.29, 0.717) is 5.69 Å². The Morgan fingerprint density at radius 3 is 2.64 bits per heavy atom. The van der Waals surface area contributed by atoms with Crippen LogP contribution in [-0.4, -0.2) is 21.6 Å². The Kier molecular flexibility index (Phi) is 4.77. The van der Waals surface area contributed by atoms with Crippen LogP contribution in [0.1, 0.15) is 15.9 Å². The summed E-state index contributed by atoms with van der Waals surface area (Å²) >= 11 is 3.37. The number of carbonyl (C=O) groups excluding carboxylic acids is 1. The summed E-state index contributed by atoms with van der Waals surface area (Å²) < 4.78 is 1.99. The van der Waals surface area contributed by atoms with Crippen LogP contribution >= 0.6 is 15.9 Å². The number of aromatic carboxylic acids is 1. The van der Waals surface area contributed by atoms with Gasteiger partial charge >= 0.3 is 5.97 Å². The normalized spacial score (nSPS) is 10.3. The molecule has 0 aliphatic rings. The van der Waals surface area contributed by atoms with Gasteiger partial charge in [-0.2, -0.15) is 0 Å². The molecular weight excluding hydrogens is 352 g/mol. The zero-order chi connectivity index (χ0) is 16.3.